The molecule has 10 heteroatoms. The Morgan fingerprint density at radius 2 is 1.68 bits per heavy atom. The molecule has 0 atom stereocenters. The van der Waals surface area contributed by atoms with Crippen LogP contribution in [0.2, 0.25) is 0 Å². The third-order valence-corrected chi connectivity index (χ3v) is 4.19. The van der Waals surface area contributed by atoms with Crippen molar-refractivity contribution >= 4 is 11.9 Å². The molecule has 0 spiro atoms. The van der Waals surface area contributed by atoms with Crippen LogP contribution in [0.4, 0.5) is 17.6 Å². The lowest BCUT2D eigenvalue weighted by Crippen LogP contribution is -2.19. The number of carboxylic acids is 2. The number of aliphatic carboxylic acids is 2. The van der Waals surface area contributed by atoms with E-state index in [0.717, 1.165) is 6.07 Å². The molecule has 0 saturated heterocycles. The second kappa shape index (κ2) is 10.1. The lowest BCUT2D eigenvalue weighted by Gasteiger charge is -2.15. The summed E-state index contributed by atoms with van der Waals surface area (Å²) in [4.78, 5) is 21.8. The summed E-state index contributed by atoms with van der Waals surface area (Å²) >= 11 is 0. The van der Waals surface area contributed by atoms with Crippen LogP contribution in [-0.4, -0.2) is 35.1 Å². The molecule has 0 aromatic heterocycles. The van der Waals surface area contributed by atoms with E-state index in [0.29, 0.717) is 17.5 Å². The van der Waals surface area contributed by atoms with Gasteiger partial charge in [-0.05, 0) is 49.1 Å². The monoisotopic (exact) mass is 444 g/mol. The fraction of sp³-hybridized carbons (Fsp3) is 0.333. The van der Waals surface area contributed by atoms with E-state index in [1.807, 2.05) is 0 Å². The molecule has 2 N–H and O–H groups in total. The number of halogens is 4. The molecule has 0 fully saturated rings. The Labute approximate surface area is 175 Å². The maximum absolute atomic E-state index is 14.1. The van der Waals surface area contributed by atoms with E-state index in [-0.39, 0.29) is 29.9 Å². The Morgan fingerprint density at radius 1 is 1.00 bits per heavy atom. The van der Waals surface area contributed by atoms with Gasteiger partial charge in [-0.3, -0.25) is 9.59 Å². The Bertz CT molecular complexity index is 956. The Kier molecular flexibility index (Phi) is 7.84. The largest absolute Gasteiger partial charge is 0.573 e. The minimum absolute atomic E-state index is 0.0574. The van der Waals surface area contributed by atoms with Crippen molar-refractivity contribution in [3.63, 3.8) is 0 Å². The van der Waals surface area contributed by atoms with E-state index in [2.05, 4.69) is 4.74 Å². The fourth-order valence-electron chi connectivity index (χ4n) is 2.93. The SMILES string of the molecule is Cc1cc(F)c(CC(=O)O)c(OCCCc2ccc(CC(=O)O)c(OC(F)(F)F)c2)c1. The molecule has 31 heavy (non-hydrogen) atoms. The number of rotatable bonds is 10. The Hall–Kier alpha value is -3.30. The molecule has 0 unspecified atom stereocenters. The predicted molar refractivity (Wildman–Crippen MR) is 101 cm³/mol. The van der Waals surface area contributed by atoms with E-state index in [9.17, 15) is 27.2 Å². The fourth-order valence-corrected chi connectivity index (χ4v) is 2.93. The van der Waals surface area contributed by atoms with E-state index in [1.54, 1.807) is 6.92 Å². The highest BCUT2D eigenvalue weighted by atomic mass is 19.4. The second-order valence-electron chi connectivity index (χ2n) is 6.81. The van der Waals surface area contributed by atoms with E-state index < -0.39 is 42.7 Å². The summed E-state index contributed by atoms with van der Waals surface area (Å²) in [5, 5.41) is 17.8. The minimum atomic E-state index is -4.97. The van der Waals surface area contributed by atoms with Crippen LogP contribution in [0.1, 0.15) is 28.7 Å². The molecule has 0 aliphatic heterocycles. The number of hydrogen-bond acceptors (Lipinski definition) is 4. The molecule has 2 aromatic rings. The van der Waals surface area contributed by atoms with Gasteiger partial charge in [-0.2, -0.15) is 0 Å². The maximum Gasteiger partial charge on any atom is 0.573 e. The van der Waals surface area contributed by atoms with Gasteiger partial charge in [-0.1, -0.05) is 12.1 Å². The summed E-state index contributed by atoms with van der Waals surface area (Å²) in [5.74, 6) is -3.70. The van der Waals surface area contributed by atoms with Gasteiger partial charge in [0.1, 0.15) is 17.3 Å². The van der Waals surface area contributed by atoms with Gasteiger partial charge in [-0.25, -0.2) is 4.39 Å². The van der Waals surface area contributed by atoms with Crippen molar-refractivity contribution in [2.24, 2.45) is 0 Å². The standard InChI is InChI=1S/C21H20F4O6/c1-12-7-16(22)15(11-20(28)29)18(8-12)30-6-2-3-13-4-5-14(10-19(26)27)17(9-13)31-21(23,24)25/h4-5,7-9H,2-3,6,10-11H2,1H3,(H,26,27)(H,28,29). The average molecular weight is 444 g/mol. The van der Waals surface area contributed by atoms with Crippen molar-refractivity contribution in [3.8, 4) is 11.5 Å². The van der Waals surface area contributed by atoms with Gasteiger partial charge in [0.15, 0.2) is 0 Å². The molecular formula is C21H20F4O6. The zero-order valence-electron chi connectivity index (χ0n) is 16.5. The number of alkyl halides is 3. The Morgan fingerprint density at radius 3 is 2.29 bits per heavy atom. The number of ether oxygens (including phenoxy) is 2. The quantitative estimate of drug-likeness (QED) is 0.419. The summed E-state index contributed by atoms with van der Waals surface area (Å²) in [6.45, 7) is 1.68. The zero-order valence-corrected chi connectivity index (χ0v) is 16.5. The van der Waals surface area contributed by atoms with Crippen LogP contribution in [0.15, 0.2) is 30.3 Å². The molecule has 6 nitrogen and oxygen atoms in total. The lowest BCUT2D eigenvalue weighted by molar-refractivity contribution is -0.275. The summed E-state index contributed by atoms with van der Waals surface area (Å²) in [6, 6.07) is 6.58. The summed E-state index contributed by atoms with van der Waals surface area (Å²) < 4.78 is 61.4. The predicted octanol–water partition coefficient (Wildman–Crippen LogP) is 4.30. The topological polar surface area (TPSA) is 93.1 Å². The highest BCUT2D eigenvalue weighted by Crippen LogP contribution is 2.29. The van der Waals surface area contributed by atoms with Crippen molar-refractivity contribution in [1.29, 1.82) is 0 Å². The first kappa shape index (κ1) is 24.0. The highest BCUT2D eigenvalue weighted by Gasteiger charge is 2.32. The van der Waals surface area contributed by atoms with Gasteiger partial charge in [0, 0.05) is 11.1 Å². The molecule has 168 valence electrons. The minimum Gasteiger partial charge on any atom is -0.493 e. The molecule has 2 aromatic carbocycles. The van der Waals surface area contributed by atoms with Gasteiger partial charge in [-0.15, -0.1) is 13.2 Å². The van der Waals surface area contributed by atoms with E-state index >= 15 is 0 Å². The smallest absolute Gasteiger partial charge is 0.493 e. The number of benzene rings is 2. The molecule has 2 rings (SSSR count). The van der Waals surface area contributed by atoms with Crippen LogP contribution in [0.3, 0.4) is 0 Å². The summed E-state index contributed by atoms with van der Waals surface area (Å²) in [6.07, 6.45) is -5.55. The number of aryl methyl sites for hydroxylation is 2. The first-order valence-corrected chi connectivity index (χ1v) is 9.17. The number of carboxylic acid groups (broad SMARTS) is 2. The van der Waals surface area contributed by atoms with Crippen molar-refractivity contribution in [2.45, 2.75) is 39.0 Å². The van der Waals surface area contributed by atoms with Crippen LogP contribution in [0, 0.1) is 12.7 Å². The third kappa shape index (κ3) is 7.80. The lowest BCUT2D eigenvalue weighted by atomic mass is 10.0. The molecule has 0 radical (unpaired) electrons. The molecule has 0 aliphatic rings. The van der Waals surface area contributed by atoms with Crippen LogP contribution in [0.5, 0.6) is 11.5 Å². The second-order valence-corrected chi connectivity index (χ2v) is 6.81. The first-order valence-electron chi connectivity index (χ1n) is 9.17. The van der Waals surface area contributed by atoms with Gasteiger partial charge >= 0.3 is 18.3 Å². The zero-order chi connectivity index (χ0) is 23.2. The van der Waals surface area contributed by atoms with Gasteiger partial charge in [0.2, 0.25) is 0 Å². The average Bonchev–Trinajstić information content (AvgIpc) is 2.61. The van der Waals surface area contributed by atoms with Gasteiger partial charge < -0.3 is 19.7 Å². The van der Waals surface area contributed by atoms with Crippen LogP contribution in [0.25, 0.3) is 0 Å². The summed E-state index contributed by atoms with van der Waals surface area (Å²) in [5.41, 5.74) is 0.804. The van der Waals surface area contributed by atoms with Crippen LogP contribution in [-0.2, 0) is 28.9 Å². The van der Waals surface area contributed by atoms with E-state index in [1.165, 1.54) is 24.3 Å². The molecule has 0 bridgehead atoms. The molecule has 0 aliphatic carbocycles. The van der Waals surface area contributed by atoms with Crippen molar-refractivity contribution in [1.82, 2.24) is 0 Å². The van der Waals surface area contributed by atoms with Gasteiger partial charge in [0.25, 0.3) is 0 Å². The van der Waals surface area contributed by atoms with Crippen LogP contribution >= 0.6 is 0 Å². The van der Waals surface area contributed by atoms with Crippen molar-refractivity contribution in [3.05, 3.63) is 58.4 Å². The molecule has 0 amide bonds. The van der Waals surface area contributed by atoms with Crippen LogP contribution < -0.4 is 9.47 Å². The normalized spacial score (nSPS) is 11.3. The van der Waals surface area contributed by atoms with E-state index in [4.69, 9.17) is 14.9 Å². The number of carbonyl (C=O) groups is 2. The third-order valence-electron chi connectivity index (χ3n) is 4.19. The first-order chi connectivity index (χ1) is 14.4. The Balaban J connectivity index is 2.06. The van der Waals surface area contributed by atoms with Crippen molar-refractivity contribution in [2.75, 3.05) is 6.61 Å². The molecular weight excluding hydrogens is 424 g/mol. The molecule has 0 saturated carbocycles. The molecule has 0 heterocycles. The summed E-state index contributed by atoms with van der Waals surface area (Å²) in [7, 11) is 0. The maximum atomic E-state index is 14.1. The van der Waals surface area contributed by atoms with Gasteiger partial charge in [0.05, 0.1) is 19.4 Å². The van der Waals surface area contributed by atoms with Crippen molar-refractivity contribution < 1.29 is 46.8 Å². The number of hydrogen-bond donors (Lipinski definition) is 2. The highest BCUT2D eigenvalue weighted by molar-refractivity contribution is 5.72.